The van der Waals surface area contributed by atoms with Crippen LogP contribution in [0, 0.1) is 0 Å². The Bertz CT molecular complexity index is 1730. The number of rotatable bonds is 8. The number of fused-ring (bicyclic) bond motifs is 2. The molecule has 0 saturated carbocycles. The molecule has 0 radical (unpaired) electrons. The normalized spacial score (nSPS) is 15.0. The molecule has 0 amide bonds. The molecule has 1 atom stereocenters. The molecule has 15 heteroatoms. The Balaban J connectivity index is 0.000000277. The molecule has 0 unspecified atom stereocenters. The number of carbonyl (C=O) groups is 3. The molecule has 4 aromatic heterocycles. The van der Waals surface area contributed by atoms with Crippen molar-refractivity contribution in [2.45, 2.75) is 83.5 Å². The number of pyridine rings is 1. The molecule has 45 heavy (non-hydrogen) atoms. The zero-order chi connectivity index (χ0) is 32.3. The van der Waals surface area contributed by atoms with Gasteiger partial charge in [-0.25, -0.2) is 19.7 Å². The molecule has 0 aliphatic carbocycles. The van der Waals surface area contributed by atoms with Crippen LogP contribution in [0.3, 0.4) is 0 Å². The first kappa shape index (κ1) is 32.5. The number of halogens is 4. The fourth-order valence-electron chi connectivity index (χ4n) is 5.39. The minimum atomic E-state index is -4.63. The minimum Gasteiger partial charge on any atom is -0.477 e. The largest absolute Gasteiger partial charge is 0.477 e. The van der Waals surface area contributed by atoms with Gasteiger partial charge in [0, 0.05) is 56.4 Å². The van der Waals surface area contributed by atoms with E-state index in [9.17, 15) is 27.6 Å². The summed E-state index contributed by atoms with van der Waals surface area (Å²) < 4.78 is 42.9. The number of carboxylic acid groups (broad SMARTS) is 1. The van der Waals surface area contributed by atoms with Crippen LogP contribution in [0.2, 0.25) is 5.02 Å². The molecule has 10 nitrogen and oxygen atoms in total. The standard InChI is InChI=1S/C22H20ClF3N4O2S.C8H10N2O2/c1-12(6-17(31)16-10-28-20-4-2-3-5-30(16)20)21-29-11-19(33-21)18(32)8-13-7-14(22(24,25)26)15(23)9-27-13;11-8(12)6-5-9-7-3-1-2-4-10(6)7/h7,9-12H,2-6,8H2,1H3;5H,1-4H2,(H,11,12)/t12-;/m0./s1. The third kappa shape index (κ3) is 7.50. The third-order valence-corrected chi connectivity index (χ3v) is 9.29. The Kier molecular flexibility index (Phi) is 9.82. The molecule has 0 aromatic carbocycles. The van der Waals surface area contributed by atoms with Gasteiger partial charge in [0.05, 0.1) is 39.3 Å². The number of Topliss-reactive ketones (excluding diaryl/α,β-unsaturated/α-hetero) is 2. The maximum Gasteiger partial charge on any atom is 0.417 e. The van der Waals surface area contributed by atoms with Crippen molar-refractivity contribution in [1.82, 2.24) is 29.1 Å². The number of aromatic carboxylic acids is 1. The van der Waals surface area contributed by atoms with Gasteiger partial charge in [-0.15, -0.1) is 11.3 Å². The van der Waals surface area contributed by atoms with Gasteiger partial charge in [0.25, 0.3) is 0 Å². The minimum absolute atomic E-state index is 0.0274. The number of carboxylic acids is 1. The quantitative estimate of drug-likeness (QED) is 0.213. The summed E-state index contributed by atoms with van der Waals surface area (Å²) in [7, 11) is 0. The Morgan fingerprint density at radius 1 is 0.911 bits per heavy atom. The van der Waals surface area contributed by atoms with E-state index in [1.54, 1.807) is 10.8 Å². The number of thiazole rings is 1. The highest BCUT2D eigenvalue weighted by Gasteiger charge is 2.34. The van der Waals surface area contributed by atoms with E-state index in [0.717, 1.165) is 86.9 Å². The van der Waals surface area contributed by atoms with Gasteiger partial charge in [0.2, 0.25) is 0 Å². The molecule has 238 valence electrons. The molecule has 0 bridgehead atoms. The molecular formula is C30H30ClF3N6O4S. The van der Waals surface area contributed by atoms with Crippen molar-refractivity contribution >= 4 is 40.5 Å². The summed E-state index contributed by atoms with van der Waals surface area (Å²) >= 11 is 6.72. The van der Waals surface area contributed by atoms with E-state index >= 15 is 0 Å². The fraction of sp³-hybridized carbons (Fsp3) is 0.433. The second-order valence-corrected chi connectivity index (χ2v) is 12.5. The second kappa shape index (κ2) is 13.6. The van der Waals surface area contributed by atoms with Crippen LogP contribution in [0.4, 0.5) is 13.2 Å². The lowest BCUT2D eigenvalue weighted by molar-refractivity contribution is -0.137. The summed E-state index contributed by atoms with van der Waals surface area (Å²) in [5.74, 6) is 0.323. The summed E-state index contributed by atoms with van der Waals surface area (Å²) in [5.41, 5.74) is -0.134. The van der Waals surface area contributed by atoms with Crippen molar-refractivity contribution in [3.05, 3.63) is 80.1 Å². The summed E-state index contributed by atoms with van der Waals surface area (Å²) in [6.45, 7) is 3.45. The average Bonchev–Trinajstić information content (AvgIpc) is 3.76. The van der Waals surface area contributed by atoms with Gasteiger partial charge in [0.1, 0.15) is 23.0 Å². The first-order valence-electron chi connectivity index (χ1n) is 14.5. The maximum atomic E-state index is 13.0. The monoisotopic (exact) mass is 662 g/mol. The van der Waals surface area contributed by atoms with Crippen molar-refractivity contribution in [3.8, 4) is 0 Å². The van der Waals surface area contributed by atoms with E-state index in [-0.39, 0.29) is 30.2 Å². The second-order valence-electron chi connectivity index (χ2n) is 11.0. The van der Waals surface area contributed by atoms with E-state index in [2.05, 4.69) is 19.9 Å². The summed E-state index contributed by atoms with van der Waals surface area (Å²) in [6, 6.07) is 0.787. The Morgan fingerprint density at radius 3 is 2.16 bits per heavy atom. The maximum absolute atomic E-state index is 13.0. The highest BCUT2D eigenvalue weighted by molar-refractivity contribution is 7.13. The van der Waals surface area contributed by atoms with Crippen molar-refractivity contribution < 1.29 is 32.7 Å². The van der Waals surface area contributed by atoms with Gasteiger partial charge in [-0.1, -0.05) is 18.5 Å². The summed E-state index contributed by atoms with van der Waals surface area (Å²) in [6.07, 6.45) is 6.69. The van der Waals surface area contributed by atoms with Gasteiger partial charge in [-0.3, -0.25) is 14.6 Å². The van der Waals surface area contributed by atoms with Crippen LogP contribution in [0.15, 0.2) is 30.9 Å². The van der Waals surface area contributed by atoms with Crippen molar-refractivity contribution in [2.24, 2.45) is 0 Å². The number of aryl methyl sites for hydroxylation is 2. The van der Waals surface area contributed by atoms with Crippen LogP contribution >= 0.6 is 22.9 Å². The molecule has 2 aliphatic heterocycles. The van der Waals surface area contributed by atoms with Crippen LogP contribution in [-0.2, 0) is 38.5 Å². The highest BCUT2D eigenvalue weighted by atomic mass is 35.5. The van der Waals surface area contributed by atoms with Gasteiger partial charge in [-0.05, 0) is 31.7 Å². The van der Waals surface area contributed by atoms with Crippen molar-refractivity contribution in [1.29, 1.82) is 0 Å². The van der Waals surface area contributed by atoms with Gasteiger partial charge in [-0.2, -0.15) is 13.2 Å². The number of hydrogen-bond donors (Lipinski definition) is 1. The lowest BCUT2D eigenvalue weighted by Crippen LogP contribution is -2.17. The van der Waals surface area contributed by atoms with Gasteiger partial charge >= 0.3 is 12.1 Å². The van der Waals surface area contributed by atoms with Crippen LogP contribution in [-0.4, -0.2) is 51.7 Å². The molecule has 0 saturated heterocycles. The number of hydrogen-bond acceptors (Lipinski definition) is 8. The summed E-state index contributed by atoms with van der Waals surface area (Å²) in [4.78, 5) is 52.9. The number of ketones is 2. The molecule has 6 rings (SSSR count). The lowest BCUT2D eigenvalue weighted by atomic mass is 10.0. The zero-order valence-corrected chi connectivity index (χ0v) is 25.9. The number of imidazole rings is 2. The van der Waals surface area contributed by atoms with Crippen LogP contribution in [0.25, 0.3) is 0 Å². The number of nitrogens with zero attached hydrogens (tertiary/aromatic N) is 6. The number of aromatic nitrogens is 6. The topological polar surface area (TPSA) is 133 Å². The lowest BCUT2D eigenvalue weighted by Gasteiger charge is -2.16. The fourth-order valence-corrected chi connectivity index (χ4v) is 6.50. The smallest absolute Gasteiger partial charge is 0.417 e. The predicted octanol–water partition coefficient (Wildman–Crippen LogP) is 6.46. The van der Waals surface area contributed by atoms with Crippen LogP contribution < -0.4 is 0 Å². The molecule has 4 aromatic rings. The van der Waals surface area contributed by atoms with Crippen molar-refractivity contribution in [3.63, 3.8) is 0 Å². The molecular weight excluding hydrogens is 633 g/mol. The average molecular weight is 663 g/mol. The SMILES string of the molecule is C[C@@H](CC(=O)c1cnc2n1CCCC2)c1ncc(C(=O)Cc2cc(C(F)(F)F)c(Cl)cn2)s1.O=C(O)c1cnc2n1CCCC2. The molecule has 6 heterocycles. The van der Waals surface area contributed by atoms with E-state index < -0.39 is 28.5 Å². The Morgan fingerprint density at radius 2 is 1.53 bits per heavy atom. The van der Waals surface area contributed by atoms with E-state index in [1.807, 2.05) is 11.5 Å². The molecule has 2 aliphatic rings. The molecule has 0 fully saturated rings. The zero-order valence-electron chi connectivity index (χ0n) is 24.3. The number of alkyl halides is 3. The Hall–Kier alpha value is -3.91. The summed E-state index contributed by atoms with van der Waals surface area (Å²) in [5, 5.41) is 8.87. The van der Waals surface area contributed by atoms with E-state index in [0.29, 0.717) is 21.3 Å². The Labute approximate surface area is 265 Å². The molecule has 0 spiro atoms. The first-order chi connectivity index (χ1) is 21.4. The third-order valence-electron chi connectivity index (χ3n) is 7.72. The van der Waals surface area contributed by atoms with Crippen LogP contribution in [0.1, 0.15) is 104 Å². The van der Waals surface area contributed by atoms with Gasteiger partial charge < -0.3 is 14.2 Å². The van der Waals surface area contributed by atoms with E-state index in [4.69, 9.17) is 16.7 Å². The first-order valence-corrected chi connectivity index (χ1v) is 15.7. The van der Waals surface area contributed by atoms with E-state index in [1.165, 1.54) is 12.4 Å². The van der Waals surface area contributed by atoms with Gasteiger partial charge in [0.15, 0.2) is 11.6 Å². The predicted molar refractivity (Wildman–Crippen MR) is 159 cm³/mol. The highest BCUT2D eigenvalue weighted by Crippen LogP contribution is 2.35. The van der Waals surface area contributed by atoms with Crippen LogP contribution in [0.5, 0.6) is 0 Å². The van der Waals surface area contributed by atoms with Crippen molar-refractivity contribution in [2.75, 3.05) is 0 Å². The molecule has 1 N–H and O–H groups in total. The number of carbonyl (C=O) groups excluding carboxylic acids is 2.